The van der Waals surface area contributed by atoms with Crippen molar-refractivity contribution in [3.05, 3.63) is 47.4 Å². The quantitative estimate of drug-likeness (QED) is 0.559. The molecule has 5 heterocycles. The highest BCUT2D eigenvalue weighted by Crippen LogP contribution is 2.35. The molecular weight excluding hydrogens is 461 g/mol. The second kappa shape index (κ2) is 9.57. The van der Waals surface area contributed by atoms with Crippen LogP contribution in [-0.4, -0.2) is 78.3 Å². The lowest BCUT2D eigenvalue weighted by molar-refractivity contribution is 0.0601. The summed E-state index contributed by atoms with van der Waals surface area (Å²) in [5.74, 6) is 1.67. The van der Waals surface area contributed by atoms with Crippen molar-refractivity contribution >= 4 is 23.2 Å². The summed E-state index contributed by atoms with van der Waals surface area (Å²) in [5, 5.41) is 8.38. The smallest absolute Gasteiger partial charge is 0.258 e. The molecule has 9 nitrogen and oxygen atoms in total. The van der Waals surface area contributed by atoms with Crippen LogP contribution < -0.4 is 19.9 Å². The maximum atomic E-state index is 14.2. The molecule has 0 spiro atoms. The number of piperidine rings is 1. The Morgan fingerprint density at radius 2 is 1.94 bits per heavy atom. The molecule has 0 radical (unpaired) electrons. The number of amides is 1. The molecule has 1 N–H and O–H groups in total. The Labute approximate surface area is 209 Å². The molecule has 0 saturated carbocycles. The zero-order chi connectivity index (χ0) is 24.6. The molecular formula is C26H32FN7O2. The lowest BCUT2D eigenvalue weighted by atomic mass is 9.98. The average Bonchev–Trinajstić information content (AvgIpc) is 3.28. The van der Waals surface area contributed by atoms with Crippen LogP contribution in [0.4, 0.5) is 16.0 Å². The first-order valence-corrected chi connectivity index (χ1v) is 12.9. The Hall–Kier alpha value is -3.40. The van der Waals surface area contributed by atoms with Crippen LogP contribution >= 0.6 is 0 Å². The topological polar surface area (TPSA) is 78.2 Å². The van der Waals surface area contributed by atoms with Crippen molar-refractivity contribution in [3.8, 4) is 5.75 Å². The van der Waals surface area contributed by atoms with Gasteiger partial charge in [-0.2, -0.15) is 9.61 Å². The summed E-state index contributed by atoms with van der Waals surface area (Å²) in [6.45, 7) is 5.14. The van der Waals surface area contributed by atoms with E-state index >= 15 is 0 Å². The molecule has 3 aliphatic heterocycles. The van der Waals surface area contributed by atoms with E-state index in [1.165, 1.54) is 18.6 Å². The fourth-order valence-electron chi connectivity index (χ4n) is 5.26. The van der Waals surface area contributed by atoms with E-state index in [0.29, 0.717) is 25.4 Å². The average molecular weight is 494 g/mol. The van der Waals surface area contributed by atoms with Gasteiger partial charge in [0, 0.05) is 58.4 Å². The van der Waals surface area contributed by atoms with Gasteiger partial charge in [-0.15, -0.1) is 0 Å². The first kappa shape index (κ1) is 23.0. The number of anilines is 2. The first-order chi connectivity index (χ1) is 17.6. The van der Waals surface area contributed by atoms with E-state index in [1.807, 2.05) is 15.5 Å². The van der Waals surface area contributed by atoms with Crippen molar-refractivity contribution in [1.29, 1.82) is 0 Å². The van der Waals surface area contributed by atoms with Gasteiger partial charge in [0.25, 0.3) is 5.91 Å². The molecule has 0 aliphatic carbocycles. The number of hydrogen-bond acceptors (Lipinski definition) is 7. The second-order valence-electron chi connectivity index (χ2n) is 9.82. The van der Waals surface area contributed by atoms with Gasteiger partial charge in [-0.05, 0) is 43.9 Å². The Balaban J connectivity index is 1.45. The molecule has 1 unspecified atom stereocenters. The summed E-state index contributed by atoms with van der Waals surface area (Å²) < 4.78 is 22.1. The van der Waals surface area contributed by atoms with Gasteiger partial charge in [0.05, 0.1) is 17.3 Å². The molecule has 190 valence electrons. The van der Waals surface area contributed by atoms with Crippen molar-refractivity contribution in [3.63, 3.8) is 0 Å². The molecule has 2 saturated heterocycles. The summed E-state index contributed by atoms with van der Waals surface area (Å²) in [7, 11) is 2.07. The number of carbonyl (C=O) groups excluding carboxylic acids is 1. The number of hydrogen-bond donors (Lipinski definition) is 1. The van der Waals surface area contributed by atoms with Gasteiger partial charge in [-0.3, -0.25) is 4.79 Å². The number of likely N-dealkylation sites (N-methyl/N-ethyl adjacent to an activating group) is 1. The van der Waals surface area contributed by atoms with E-state index in [1.54, 1.807) is 6.07 Å². The maximum absolute atomic E-state index is 14.2. The molecule has 6 rings (SSSR count). The minimum atomic E-state index is -0.449. The zero-order valence-corrected chi connectivity index (χ0v) is 20.6. The van der Waals surface area contributed by atoms with Crippen LogP contribution in [-0.2, 0) is 0 Å². The lowest BCUT2D eigenvalue weighted by Crippen LogP contribution is -2.39. The number of nitrogens with one attached hydrogen (secondary N) is 1. The number of ether oxygens (including phenoxy) is 1. The molecule has 1 aromatic carbocycles. The van der Waals surface area contributed by atoms with Gasteiger partial charge in [0.1, 0.15) is 29.8 Å². The van der Waals surface area contributed by atoms with E-state index in [9.17, 15) is 9.18 Å². The molecule has 3 aromatic rings. The third-order valence-electron chi connectivity index (χ3n) is 7.42. The van der Waals surface area contributed by atoms with Crippen molar-refractivity contribution in [2.75, 3.05) is 62.7 Å². The van der Waals surface area contributed by atoms with Gasteiger partial charge >= 0.3 is 0 Å². The van der Waals surface area contributed by atoms with Gasteiger partial charge in [-0.25, -0.2) is 9.37 Å². The van der Waals surface area contributed by atoms with Crippen molar-refractivity contribution in [2.45, 2.75) is 31.7 Å². The Bertz CT molecular complexity index is 1270. The molecule has 10 heteroatoms. The van der Waals surface area contributed by atoms with Gasteiger partial charge in [-0.1, -0.05) is 0 Å². The summed E-state index contributed by atoms with van der Waals surface area (Å²) in [5.41, 5.74) is 1.85. The van der Waals surface area contributed by atoms with E-state index in [4.69, 9.17) is 14.8 Å². The molecule has 2 aromatic heterocycles. The van der Waals surface area contributed by atoms with E-state index < -0.39 is 5.82 Å². The molecule has 3 aliphatic rings. The predicted molar refractivity (Wildman–Crippen MR) is 135 cm³/mol. The molecule has 2 fully saturated rings. The Morgan fingerprint density at radius 1 is 1.06 bits per heavy atom. The van der Waals surface area contributed by atoms with Crippen LogP contribution in [0, 0.1) is 5.82 Å². The Morgan fingerprint density at radius 3 is 2.78 bits per heavy atom. The fraction of sp³-hybridized carbons (Fsp3) is 0.500. The minimum absolute atomic E-state index is 0.204. The van der Waals surface area contributed by atoms with E-state index in [0.717, 1.165) is 68.4 Å². The van der Waals surface area contributed by atoms with Crippen molar-refractivity contribution < 1.29 is 13.9 Å². The Kier molecular flexibility index (Phi) is 6.12. The number of benzene rings is 1. The van der Waals surface area contributed by atoms with Gasteiger partial charge in [0.15, 0.2) is 5.65 Å². The highest BCUT2D eigenvalue weighted by atomic mass is 19.1. The summed E-state index contributed by atoms with van der Waals surface area (Å²) in [4.78, 5) is 25.0. The predicted octanol–water partition coefficient (Wildman–Crippen LogP) is 2.86. The number of fused-ring (bicyclic) bond motifs is 4. The monoisotopic (exact) mass is 493 g/mol. The lowest BCUT2D eigenvalue weighted by Gasteiger charge is -2.35. The van der Waals surface area contributed by atoms with E-state index in [2.05, 4.69) is 28.2 Å². The standard InChI is InChI=1S/C26H32FN7O2/c1-31-13-8-28-9-14-36-22-7-6-18(27)15-19(22)26(35)33-12-3-2-5-21(33)20-16-24-29-23(32-10-4-11-32)17-25(31)34(24)30-20/h6-7,15-17,21,28H,2-5,8-14H2,1H3. The second-order valence-corrected chi connectivity index (χ2v) is 9.82. The van der Waals surface area contributed by atoms with Crippen LogP contribution in [0.1, 0.15) is 47.8 Å². The first-order valence-electron chi connectivity index (χ1n) is 12.9. The number of carbonyl (C=O) groups is 1. The van der Waals surface area contributed by atoms with Gasteiger partial charge in [0.2, 0.25) is 0 Å². The van der Waals surface area contributed by atoms with Crippen LogP contribution in [0.25, 0.3) is 5.65 Å². The highest BCUT2D eigenvalue weighted by Gasteiger charge is 2.33. The molecule has 36 heavy (non-hydrogen) atoms. The SMILES string of the molecule is CN1CCNCCOc2ccc(F)cc2C(=O)N2CCCCC2c2cc3nc(N4CCC4)cc1n3n2. The van der Waals surface area contributed by atoms with Crippen LogP contribution in [0.3, 0.4) is 0 Å². The number of halogens is 1. The maximum Gasteiger partial charge on any atom is 0.258 e. The third kappa shape index (κ3) is 4.23. The minimum Gasteiger partial charge on any atom is -0.491 e. The van der Waals surface area contributed by atoms with Crippen LogP contribution in [0.5, 0.6) is 5.75 Å². The summed E-state index contributed by atoms with van der Waals surface area (Å²) >= 11 is 0. The zero-order valence-electron chi connectivity index (χ0n) is 20.6. The van der Waals surface area contributed by atoms with Gasteiger partial charge < -0.3 is 24.8 Å². The van der Waals surface area contributed by atoms with Crippen molar-refractivity contribution in [1.82, 2.24) is 24.8 Å². The third-order valence-corrected chi connectivity index (χ3v) is 7.42. The van der Waals surface area contributed by atoms with Crippen LogP contribution in [0.2, 0.25) is 0 Å². The number of rotatable bonds is 1. The molecule has 1 atom stereocenters. The van der Waals surface area contributed by atoms with E-state index in [-0.39, 0.29) is 17.5 Å². The molecule has 1 amide bonds. The fourth-order valence-corrected chi connectivity index (χ4v) is 5.26. The van der Waals surface area contributed by atoms with Crippen molar-refractivity contribution in [2.24, 2.45) is 0 Å². The molecule has 2 bridgehead atoms. The number of aromatic nitrogens is 3. The summed E-state index contributed by atoms with van der Waals surface area (Å²) in [6, 6.07) is 8.10. The normalized spacial score (nSPS) is 21.2. The summed E-state index contributed by atoms with van der Waals surface area (Å²) in [6.07, 6.45) is 3.88. The van der Waals surface area contributed by atoms with Crippen LogP contribution in [0.15, 0.2) is 30.3 Å². The number of nitrogens with zero attached hydrogens (tertiary/aromatic N) is 6. The highest BCUT2D eigenvalue weighted by molar-refractivity contribution is 5.97. The largest absolute Gasteiger partial charge is 0.491 e.